The Morgan fingerprint density at radius 3 is 2.90 bits per heavy atom. The van der Waals surface area contributed by atoms with Crippen LogP contribution in [0.4, 0.5) is 0 Å². The van der Waals surface area contributed by atoms with E-state index in [9.17, 15) is 9.90 Å². The average molecular weight is 345 g/mol. The maximum Gasteiger partial charge on any atom is 0.237 e. The van der Waals surface area contributed by atoms with E-state index < -0.39 is 6.10 Å². The van der Waals surface area contributed by atoms with Crippen molar-refractivity contribution in [1.29, 1.82) is 0 Å². The number of rotatable bonds is 4. The third-order valence-corrected chi connectivity index (χ3v) is 4.47. The van der Waals surface area contributed by atoms with Crippen molar-refractivity contribution >= 4 is 15.9 Å². The second kappa shape index (κ2) is 6.28. The van der Waals surface area contributed by atoms with Gasteiger partial charge in [0.2, 0.25) is 5.43 Å². The Morgan fingerprint density at radius 2 is 2.30 bits per heavy atom. The first-order valence-electron chi connectivity index (χ1n) is 6.89. The van der Waals surface area contributed by atoms with Gasteiger partial charge in [0.25, 0.3) is 0 Å². The summed E-state index contributed by atoms with van der Waals surface area (Å²) < 4.78 is 7.57. The molecule has 5 nitrogen and oxygen atoms in total. The summed E-state index contributed by atoms with van der Waals surface area (Å²) in [5.74, 6) is 0.253. The van der Waals surface area contributed by atoms with Gasteiger partial charge in [-0.2, -0.15) is 0 Å². The van der Waals surface area contributed by atoms with Crippen LogP contribution in [0.3, 0.4) is 0 Å². The molecule has 0 radical (unpaired) electrons. The van der Waals surface area contributed by atoms with Crippen molar-refractivity contribution in [2.45, 2.75) is 39.0 Å². The minimum absolute atomic E-state index is 0.0241. The minimum atomic E-state index is -0.714. The Bertz CT molecular complexity index is 544. The van der Waals surface area contributed by atoms with E-state index in [2.05, 4.69) is 28.2 Å². The molecule has 1 aliphatic rings. The Labute approximate surface area is 127 Å². The zero-order chi connectivity index (χ0) is 14.9. The molecule has 2 N–H and O–H groups in total. The van der Waals surface area contributed by atoms with Gasteiger partial charge in [-0.25, -0.2) is 0 Å². The lowest BCUT2D eigenvalue weighted by atomic mass is 9.88. The average Bonchev–Trinajstić information content (AvgIpc) is 2.43. The number of methoxy groups -OCH3 is 1. The molecular formula is C14H21BrN2O3. The van der Waals surface area contributed by atoms with Crippen LogP contribution in [0.2, 0.25) is 0 Å². The highest BCUT2D eigenvalue weighted by Crippen LogP contribution is 2.35. The number of aliphatic hydroxyl groups excluding tert-OH is 1. The minimum Gasteiger partial charge on any atom is -0.491 e. The molecule has 0 fully saturated rings. The number of hydrogen-bond acceptors (Lipinski definition) is 4. The maximum atomic E-state index is 12.1. The molecule has 1 aromatic heterocycles. The number of aromatic nitrogens is 1. The summed E-state index contributed by atoms with van der Waals surface area (Å²) in [4.78, 5) is 12.1. The fourth-order valence-corrected chi connectivity index (χ4v) is 3.13. The van der Waals surface area contributed by atoms with E-state index in [1.165, 1.54) is 7.11 Å². The smallest absolute Gasteiger partial charge is 0.237 e. The molecule has 0 aromatic carbocycles. The van der Waals surface area contributed by atoms with Crippen LogP contribution in [0.5, 0.6) is 5.75 Å². The van der Waals surface area contributed by atoms with Crippen molar-refractivity contribution in [2.24, 2.45) is 5.92 Å². The van der Waals surface area contributed by atoms with Crippen molar-refractivity contribution < 1.29 is 9.84 Å². The van der Waals surface area contributed by atoms with Crippen molar-refractivity contribution in [3.8, 4) is 5.75 Å². The molecule has 112 valence electrons. The van der Waals surface area contributed by atoms with E-state index in [0.717, 1.165) is 13.0 Å². The molecule has 0 bridgehead atoms. The molecule has 0 saturated carbocycles. The molecule has 3 unspecified atom stereocenters. The van der Waals surface area contributed by atoms with Crippen LogP contribution in [0, 0.1) is 5.92 Å². The Balaban J connectivity index is 2.45. The highest BCUT2D eigenvalue weighted by Gasteiger charge is 2.35. The molecule has 6 heteroatoms. The zero-order valence-electron chi connectivity index (χ0n) is 12.0. The standard InChI is InChI=1S/C14H21BrN2O3/c1-4-5-16-10-7-17-6-9(15)13(19)14(20-3)11(17)12(18)8(10)2/h6,8,10,12,16,18H,4-5,7H2,1-3H3. The van der Waals surface area contributed by atoms with Gasteiger partial charge in [-0.1, -0.05) is 13.8 Å². The van der Waals surface area contributed by atoms with Crippen LogP contribution >= 0.6 is 15.9 Å². The molecule has 1 aliphatic heterocycles. The highest BCUT2D eigenvalue weighted by molar-refractivity contribution is 9.10. The normalized spacial score (nSPS) is 25.4. The molecule has 3 atom stereocenters. The van der Waals surface area contributed by atoms with Crippen LogP contribution in [0.15, 0.2) is 15.5 Å². The lowest BCUT2D eigenvalue weighted by molar-refractivity contribution is 0.0584. The lowest BCUT2D eigenvalue weighted by Gasteiger charge is -2.37. The molecule has 0 aliphatic carbocycles. The largest absolute Gasteiger partial charge is 0.491 e. The van der Waals surface area contributed by atoms with Gasteiger partial charge in [-0.3, -0.25) is 4.79 Å². The topological polar surface area (TPSA) is 63.5 Å². The van der Waals surface area contributed by atoms with Gasteiger partial charge < -0.3 is 19.7 Å². The van der Waals surface area contributed by atoms with Crippen molar-refractivity contribution in [2.75, 3.05) is 13.7 Å². The first-order valence-corrected chi connectivity index (χ1v) is 7.68. The summed E-state index contributed by atoms with van der Waals surface area (Å²) in [5, 5.41) is 14.0. The van der Waals surface area contributed by atoms with Gasteiger partial charge in [0.1, 0.15) is 6.10 Å². The van der Waals surface area contributed by atoms with Gasteiger partial charge in [0.15, 0.2) is 5.75 Å². The first-order chi connectivity index (χ1) is 9.51. The molecule has 2 heterocycles. The zero-order valence-corrected chi connectivity index (χ0v) is 13.6. The highest BCUT2D eigenvalue weighted by atomic mass is 79.9. The fraction of sp³-hybridized carbons (Fsp3) is 0.643. The van der Waals surface area contributed by atoms with Crippen LogP contribution in [-0.4, -0.2) is 29.4 Å². The molecular weight excluding hydrogens is 324 g/mol. The van der Waals surface area contributed by atoms with Crippen molar-refractivity contribution in [3.05, 3.63) is 26.6 Å². The fourth-order valence-electron chi connectivity index (χ4n) is 2.70. The number of fused-ring (bicyclic) bond motifs is 1. The number of hydrogen-bond donors (Lipinski definition) is 2. The van der Waals surface area contributed by atoms with Crippen LogP contribution in [-0.2, 0) is 6.54 Å². The summed E-state index contributed by atoms with van der Waals surface area (Å²) in [6.07, 6.45) is 2.06. The third-order valence-electron chi connectivity index (χ3n) is 3.90. The third kappa shape index (κ3) is 2.64. The molecule has 0 saturated heterocycles. The van der Waals surface area contributed by atoms with Crippen molar-refractivity contribution in [1.82, 2.24) is 9.88 Å². The predicted molar refractivity (Wildman–Crippen MR) is 81.2 cm³/mol. The molecule has 20 heavy (non-hydrogen) atoms. The second-order valence-corrected chi connectivity index (χ2v) is 6.10. The molecule has 0 amide bonds. The van der Waals surface area contributed by atoms with Gasteiger partial charge in [-0.05, 0) is 28.9 Å². The van der Waals surface area contributed by atoms with E-state index in [1.807, 2.05) is 11.5 Å². The van der Waals surface area contributed by atoms with Gasteiger partial charge in [0, 0.05) is 24.7 Å². The van der Waals surface area contributed by atoms with Crippen LogP contribution in [0.25, 0.3) is 0 Å². The number of pyridine rings is 1. The van der Waals surface area contributed by atoms with E-state index in [-0.39, 0.29) is 23.1 Å². The maximum absolute atomic E-state index is 12.1. The number of nitrogens with zero attached hydrogens (tertiary/aromatic N) is 1. The quantitative estimate of drug-likeness (QED) is 0.872. The Hall–Kier alpha value is -0.850. The summed E-state index contributed by atoms with van der Waals surface area (Å²) in [6.45, 7) is 5.73. The summed E-state index contributed by atoms with van der Waals surface area (Å²) >= 11 is 3.26. The monoisotopic (exact) mass is 344 g/mol. The number of ether oxygens (including phenoxy) is 1. The van der Waals surface area contributed by atoms with E-state index in [1.54, 1.807) is 6.20 Å². The SMILES string of the molecule is CCCNC1Cn2cc(Br)c(=O)c(OC)c2C(O)C1C. The van der Waals surface area contributed by atoms with E-state index in [4.69, 9.17) is 4.74 Å². The van der Waals surface area contributed by atoms with Gasteiger partial charge >= 0.3 is 0 Å². The number of nitrogens with one attached hydrogen (secondary N) is 1. The summed E-state index contributed by atoms with van der Waals surface area (Å²) in [5.41, 5.74) is 0.354. The van der Waals surface area contributed by atoms with Gasteiger partial charge in [0.05, 0.1) is 17.3 Å². The molecule has 2 rings (SSSR count). The number of aliphatic hydroxyl groups is 1. The van der Waals surface area contributed by atoms with Crippen molar-refractivity contribution in [3.63, 3.8) is 0 Å². The first kappa shape index (κ1) is 15.5. The summed E-state index contributed by atoms with van der Waals surface area (Å²) in [6, 6.07) is 0.177. The lowest BCUT2D eigenvalue weighted by Crippen LogP contribution is -2.46. The summed E-state index contributed by atoms with van der Waals surface area (Å²) in [7, 11) is 1.46. The Kier molecular flexibility index (Phi) is 4.88. The van der Waals surface area contributed by atoms with Crippen LogP contribution in [0.1, 0.15) is 32.1 Å². The van der Waals surface area contributed by atoms with Crippen LogP contribution < -0.4 is 15.5 Å². The second-order valence-electron chi connectivity index (χ2n) is 5.24. The predicted octanol–water partition coefficient (Wildman–Crippen LogP) is 1.67. The number of halogens is 1. The molecule has 0 spiro atoms. The van der Waals surface area contributed by atoms with E-state index in [0.29, 0.717) is 16.7 Å². The van der Waals surface area contributed by atoms with E-state index >= 15 is 0 Å². The van der Waals surface area contributed by atoms with Gasteiger partial charge in [-0.15, -0.1) is 0 Å². The Morgan fingerprint density at radius 1 is 1.60 bits per heavy atom. The molecule has 1 aromatic rings.